The lowest BCUT2D eigenvalue weighted by Gasteiger charge is -2.16. The minimum absolute atomic E-state index is 0.0202. The van der Waals surface area contributed by atoms with E-state index in [9.17, 15) is 4.79 Å². The van der Waals surface area contributed by atoms with Gasteiger partial charge in [-0.15, -0.1) is 0 Å². The zero-order chi connectivity index (χ0) is 13.0. The predicted molar refractivity (Wildman–Crippen MR) is 75.9 cm³/mol. The van der Waals surface area contributed by atoms with E-state index in [0.717, 1.165) is 23.1 Å². The molecule has 2 unspecified atom stereocenters. The number of hydrogen-bond donors (Lipinski definition) is 1. The van der Waals surface area contributed by atoms with E-state index in [0.29, 0.717) is 4.83 Å². The molecule has 0 fully saturated rings. The topological polar surface area (TPSA) is 29.1 Å². The van der Waals surface area contributed by atoms with Crippen LogP contribution >= 0.6 is 15.9 Å². The fourth-order valence-corrected chi connectivity index (χ4v) is 2.39. The Labute approximate surface area is 112 Å². The molecule has 0 aliphatic rings. The van der Waals surface area contributed by atoms with Crippen molar-refractivity contribution in [3.8, 4) is 0 Å². The van der Waals surface area contributed by atoms with Gasteiger partial charge in [0.15, 0.2) is 0 Å². The minimum atomic E-state index is 0.0202. The summed E-state index contributed by atoms with van der Waals surface area (Å²) < 4.78 is 0. The molecule has 0 spiro atoms. The van der Waals surface area contributed by atoms with Crippen LogP contribution < -0.4 is 5.32 Å². The number of hydrogen-bond acceptors (Lipinski definition) is 1. The lowest BCUT2D eigenvalue weighted by molar-refractivity contribution is 0.0938. The second-order valence-electron chi connectivity index (χ2n) is 4.71. The molecule has 0 aliphatic heterocycles. The highest BCUT2D eigenvalue weighted by molar-refractivity contribution is 9.09. The van der Waals surface area contributed by atoms with Crippen molar-refractivity contribution in [2.45, 2.75) is 45.0 Å². The van der Waals surface area contributed by atoms with Crippen molar-refractivity contribution in [2.75, 3.05) is 0 Å². The third kappa shape index (κ3) is 4.50. The molecule has 0 bridgehead atoms. The molecule has 0 radical (unpaired) electrons. The third-order valence-corrected chi connectivity index (χ3v) is 3.07. The van der Waals surface area contributed by atoms with Gasteiger partial charge >= 0.3 is 0 Å². The quantitative estimate of drug-likeness (QED) is 0.846. The van der Waals surface area contributed by atoms with Gasteiger partial charge in [-0.1, -0.05) is 40.5 Å². The molecule has 0 saturated heterocycles. The monoisotopic (exact) mass is 297 g/mol. The second kappa shape index (κ2) is 6.20. The Bertz CT molecular complexity index is 401. The van der Waals surface area contributed by atoms with Gasteiger partial charge in [-0.25, -0.2) is 0 Å². The Morgan fingerprint density at radius 1 is 1.35 bits per heavy atom. The zero-order valence-corrected chi connectivity index (χ0v) is 12.5. The molecule has 2 atom stereocenters. The van der Waals surface area contributed by atoms with E-state index >= 15 is 0 Å². The molecule has 1 amide bonds. The van der Waals surface area contributed by atoms with E-state index < -0.39 is 0 Å². The Balaban J connectivity index is 2.73. The van der Waals surface area contributed by atoms with Crippen LogP contribution in [0.3, 0.4) is 0 Å². The molecular weight excluding hydrogens is 278 g/mol. The lowest BCUT2D eigenvalue weighted by atomic mass is 10.0. The number of alkyl halides is 1. The van der Waals surface area contributed by atoms with E-state index in [2.05, 4.69) is 28.2 Å². The van der Waals surface area contributed by atoms with E-state index in [-0.39, 0.29) is 11.9 Å². The van der Waals surface area contributed by atoms with Gasteiger partial charge in [0.1, 0.15) is 0 Å². The van der Waals surface area contributed by atoms with Crippen molar-refractivity contribution >= 4 is 21.8 Å². The van der Waals surface area contributed by atoms with Gasteiger partial charge in [0.2, 0.25) is 0 Å². The van der Waals surface area contributed by atoms with Crippen LogP contribution in [0.5, 0.6) is 0 Å². The molecular formula is C14H20BrNO. The molecule has 0 aliphatic carbocycles. The van der Waals surface area contributed by atoms with Gasteiger partial charge in [0.25, 0.3) is 5.91 Å². The van der Waals surface area contributed by atoms with Gasteiger partial charge < -0.3 is 5.32 Å². The number of nitrogens with one attached hydrogen (secondary N) is 1. The highest BCUT2D eigenvalue weighted by atomic mass is 79.9. The highest BCUT2D eigenvalue weighted by Crippen LogP contribution is 2.12. The summed E-state index contributed by atoms with van der Waals surface area (Å²) in [6.07, 6.45) is 0.927. The van der Waals surface area contributed by atoms with Gasteiger partial charge in [-0.05, 0) is 38.8 Å². The molecule has 3 heteroatoms. The molecule has 17 heavy (non-hydrogen) atoms. The number of benzene rings is 1. The molecule has 1 N–H and O–H groups in total. The number of rotatable bonds is 4. The summed E-state index contributed by atoms with van der Waals surface area (Å²) in [5.74, 6) is 0.0202. The normalized spacial score (nSPS) is 14.2. The van der Waals surface area contributed by atoms with Gasteiger partial charge in [-0.2, -0.15) is 0 Å². The van der Waals surface area contributed by atoms with Crippen LogP contribution in [0.1, 0.15) is 41.8 Å². The first-order valence-corrected chi connectivity index (χ1v) is 6.84. The highest BCUT2D eigenvalue weighted by Gasteiger charge is 2.13. The van der Waals surface area contributed by atoms with Crippen LogP contribution in [-0.4, -0.2) is 16.8 Å². The molecule has 1 aromatic rings. The Kier molecular flexibility index (Phi) is 5.19. The van der Waals surface area contributed by atoms with Gasteiger partial charge in [0, 0.05) is 16.4 Å². The Hall–Kier alpha value is -0.830. The van der Waals surface area contributed by atoms with E-state index in [4.69, 9.17) is 0 Å². The fraction of sp³-hybridized carbons (Fsp3) is 0.500. The maximum Gasteiger partial charge on any atom is 0.251 e. The van der Waals surface area contributed by atoms with Gasteiger partial charge in [-0.3, -0.25) is 4.79 Å². The number of halogens is 1. The standard InChI is InChI=1S/C14H20BrNO/c1-9-5-6-10(2)13(7-9)14(17)16-12(4)8-11(3)15/h5-7,11-12H,8H2,1-4H3,(H,16,17). The van der Waals surface area contributed by atoms with E-state index in [1.807, 2.05) is 39.0 Å². The van der Waals surface area contributed by atoms with Crippen molar-refractivity contribution < 1.29 is 4.79 Å². The summed E-state index contributed by atoms with van der Waals surface area (Å²) in [5, 5.41) is 3.03. The maximum atomic E-state index is 12.1. The van der Waals surface area contributed by atoms with Crippen molar-refractivity contribution in [2.24, 2.45) is 0 Å². The van der Waals surface area contributed by atoms with Crippen LogP contribution in [0.15, 0.2) is 18.2 Å². The first-order chi connectivity index (χ1) is 7.90. The van der Waals surface area contributed by atoms with Gasteiger partial charge in [0.05, 0.1) is 0 Å². The van der Waals surface area contributed by atoms with Crippen molar-refractivity contribution in [3.63, 3.8) is 0 Å². The summed E-state index contributed by atoms with van der Waals surface area (Å²) in [7, 11) is 0. The molecule has 0 saturated carbocycles. The summed E-state index contributed by atoms with van der Waals surface area (Å²) in [6.45, 7) is 8.08. The first-order valence-electron chi connectivity index (χ1n) is 5.92. The number of aryl methyl sites for hydroxylation is 2. The number of carbonyl (C=O) groups is 1. The molecule has 1 aromatic carbocycles. The molecule has 1 rings (SSSR count). The SMILES string of the molecule is Cc1ccc(C)c(C(=O)NC(C)CC(C)Br)c1. The number of carbonyl (C=O) groups excluding carboxylic acids is 1. The van der Waals surface area contributed by atoms with Crippen LogP contribution in [0.4, 0.5) is 0 Å². The minimum Gasteiger partial charge on any atom is -0.350 e. The number of amides is 1. The predicted octanol–water partition coefficient (Wildman–Crippen LogP) is 3.60. The second-order valence-corrected chi connectivity index (χ2v) is 6.27. The van der Waals surface area contributed by atoms with Crippen molar-refractivity contribution in [3.05, 3.63) is 34.9 Å². The van der Waals surface area contributed by atoms with E-state index in [1.165, 1.54) is 0 Å². The zero-order valence-electron chi connectivity index (χ0n) is 10.9. The van der Waals surface area contributed by atoms with Crippen molar-refractivity contribution in [1.29, 1.82) is 0 Å². The average Bonchev–Trinajstić information content (AvgIpc) is 2.20. The van der Waals surface area contributed by atoms with Crippen molar-refractivity contribution in [1.82, 2.24) is 5.32 Å². The largest absolute Gasteiger partial charge is 0.350 e. The van der Waals surface area contributed by atoms with Crippen LogP contribution in [-0.2, 0) is 0 Å². The summed E-state index contributed by atoms with van der Waals surface area (Å²) in [4.78, 5) is 12.5. The van der Waals surface area contributed by atoms with Crippen LogP contribution in [0, 0.1) is 13.8 Å². The fourth-order valence-electron chi connectivity index (χ4n) is 1.83. The Morgan fingerprint density at radius 2 is 2.00 bits per heavy atom. The third-order valence-electron chi connectivity index (χ3n) is 2.69. The van der Waals surface area contributed by atoms with Crippen LogP contribution in [0.25, 0.3) is 0 Å². The van der Waals surface area contributed by atoms with Crippen LogP contribution in [0.2, 0.25) is 0 Å². The maximum absolute atomic E-state index is 12.1. The summed E-state index contributed by atoms with van der Waals surface area (Å²) in [5.41, 5.74) is 2.91. The lowest BCUT2D eigenvalue weighted by Crippen LogP contribution is -2.34. The molecule has 2 nitrogen and oxygen atoms in total. The molecule has 0 heterocycles. The molecule has 94 valence electrons. The summed E-state index contributed by atoms with van der Waals surface area (Å²) >= 11 is 3.50. The average molecular weight is 298 g/mol. The molecule has 0 aromatic heterocycles. The smallest absolute Gasteiger partial charge is 0.251 e. The summed E-state index contributed by atoms with van der Waals surface area (Å²) in [6, 6.07) is 6.13. The van der Waals surface area contributed by atoms with E-state index in [1.54, 1.807) is 0 Å². The first kappa shape index (κ1) is 14.2. The Morgan fingerprint density at radius 3 is 2.59 bits per heavy atom.